The van der Waals surface area contributed by atoms with Crippen LogP contribution >= 0.6 is 0 Å². The molecular formula is C11H15AlO9. The summed E-state index contributed by atoms with van der Waals surface area (Å²) in [7, 11) is 1.59. The maximum Gasteiger partial charge on any atom is 0.372 e. The number of carbonyl (C=O) groups is 6. The van der Waals surface area contributed by atoms with Gasteiger partial charge >= 0.3 is 28.6 Å². The zero-order valence-electron chi connectivity index (χ0n) is 11.7. The standard InChI is InChI=1S/2C5H6O4.CH3O.Al/c2*1-3(6)2-4(7)5(8)9;1-2;/h2*2H2,1H3,(H,8,9);1H3;/q;;-1;+1. The maximum absolute atomic E-state index is 10.1. The number of hydrogen-bond acceptors (Lipinski definition) is 7. The van der Waals surface area contributed by atoms with Gasteiger partial charge in [0.15, 0.2) is 0 Å². The lowest BCUT2D eigenvalue weighted by atomic mass is 10.2. The van der Waals surface area contributed by atoms with Gasteiger partial charge in [-0.25, -0.2) is 9.59 Å². The molecular weight excluding hydrogens is 303 g/mol. The van der Waals surface area contributed by atoms with Gasteiger partial charge in [-0.2, -0.15) is 0 Å². The van der Waals surface area contributed by atoms with Gasteiger partial charge in [0.2, 0.25) is 11.6 Å². The summed E-state index contributed by atoms with van der Waals surface area (Å²) < 4.78 is 4.17. The van der Waals surface area contributed by atoms with Gasteiger partial charge in [-0.1, -0.05) is 0 Å². The molecule has 116 valence electrons. The minimum absolute atomic E-state index is 0.428. The summed E-state index contributed by atoms with van der Waals surface area (Å²) in [5.41, 5.74) is 0. The Morgan fingerprint density at radius 3 is 1.05 bits per heavy atom. The summed E-state index contributed by atoms with van der Waals surface area (Å²) in [5.74, 6) is -6.06. The van der Waals surface area contributed by atoms with Gasteiger partial charge in [-0.05, 0) is 13.8 Å². The van der Waals surface area contributed by atoms with Crippen LogP contribution in [-0.2, 0) is 32.6 Å². The Balaban J connectivity index is -0.000000260. The number of carboxylic acid groups (broad SMARTS) is 2. The van der Waals surface area contributed by atoms with Crippen LogP contribution < -0.4 is 0 Å². The van der Waals surface area contributed by atoms with E-state index in [0.29, 0.717) is 0 Å². The van der Waals surface area contributed by atoms with Crippen LogP contribution in [0.15, 0.2) is 0 Å². The quantitative estimate of drug-likeness (QED) is 0.355. The number of carbonyl (C=O) groups excluding carboxylic acids is 4. The molecule has 0 heterocycles. The molecule has 10 heteroatoms. The summed E-state index contributed by atoms with van der Waals surface area (Å²) in [6.07, 6.45) is -1.01. The van der Waals surface area contributed by atoms with Gasteiger partial charge in [-0.15, -0.1) is 0 Å². The second-order valence-electron chi connectivity index (χ2n) is 3.45. The Hall–Kier alpha value is -1.89. The SMILES string of the molecule is CC(=O)CC(=O)C(=O)O.CC(=O)CC(=O)C(=O)O.C[O][Al]. The first kappa shape index (κ1) is 24.2. The van der Waals surface area contributed by atoms with Crippen LogP contribution in [0.3, 0.4) is 0 Å². The molecule has 21 heavy (non-hydrogen) atoms. The van der Waals surface area contributed by atoms with Gasteiger partial charge < -0.3 is 14.0 Å². The van der Waals surface area contributed by atoms with E-state index in [0.717, 1.165) is 0 Å². The number of carboxylic acids is 2. The van der Waals surface area contributed by atoms with Crippen LogP contribution in [0.25, 0.3) is 0 Å². The van der Waals surface area contributed by atoms with Crippen molar-refractivity contribution in [2.75, 3.05) is 7.11 Å². The lowest BCUT2D eigenvalue weighted by Crippen LogP contribution is -2.15. The van der Waals surface area contributed by atoms with E-state index in [-0.39, 0.29) is 0 Å². The molecule has 0 aliphatic carbocycles. The summed E-state index contributed by atoms with van der Waals surface area (Å²) in [6, 6.07) is 0. The Labute approximate surface area is 129 Å². The van der Waals surface area contributed by atoms with E-state index in [1.807, 2.05) is 0 Å². The van der Waals surface area contributed by atoms with Crippen molar-refractivity contribution >= 4 is 51.7 Å². The smallest absolute Gasteiger partial charge is 0.372 e. The molecule has 2 radical (unpaired) electrons. The van der Waals surface area contributed by atoms with E-state index >= 15 is 0 Å². The van der Waals surface area contributed by atoms with Crippen molar-refractivity contribution in [3.63, 3.8) is 0 Å². The summed E-state index contributed by atoms with van der Waals surface area (Å²) >= 11 is 2.08. The molecule has 0 rings (SSSR count). The van der Waals surface area contributed by atoms with E-state index < -0.39 is 47.9 Å². The van der Waals surface area contributed by atoms with Crippen LogP contribution in [0, 0.1) is 0 Å². The van der Waals surface area contributed by atoms with Crippen molar-refractivity contribution < 1.29 is 42.8 Å². The molecule has 0 aromatic rings. The van der Waals surface area contributed by atoms with Crippen molar-refractivity contribution in [2.45, 2.75) is 26.7 Å². The Morgan fingerprint density at radius 2 is 1.00 bits per heavy atom. The van der Waals surface area contributed by atoms with E-state index in [9.17, 15) is 28.8 Å². The monoisotopic (exact) mass is 318 g/mol. The normalized spacial score (nSPS) is 8.14. The van der Waals surface area contributed by atoms with Crippen LogP contribution in [0.2, 0.25) is 0 Å². The van der Waals surface area contributed by atoms with Crippen molar-refractivity contribution in [3.8, 4) is 0 Å². The highest BCUT2D eigenvalue weighted by Crippen LogP contribution is 1.84. The van der Waals surface area contributed by atoms with Crippen LogP contribution in [0.1, 0.15) is 26.7 Å². The highest BCUT2D eigenvalue weighted by atomic mass is 27.1. The third-order valence-corrected chi connectivity index (χ3v) is 1.30. The molecule has 9 nitrogen and oxygen atoms in total. The molecule has 0 aliphatic rings. The van der Waals surface area contributed by atoms with Gasteiger partial charge in [-0.3, -0.25) is 19.2 Å². The number of ketones is 4. The largest absolute Gasteiger partial charge is 0.518 e. The molecule has 0 atom stereocenters. The van der Waals surface area contributed by atoms with Crippen LogP contribution in [-0.4, -0.2) is 69.0 Å². The van der Waals surface area contributed by atoms with Crippen molar-refractivity contribution in [3.05, 3.63) is 0 Å². The lowest BCUT2D eigenvalue weighted by molar-refractivity contribution is -0.150. The van der Waals surface area contributed by atoms with Crippen molar-refractivity contribution in [2.24, 2.45) is 0 Å². The van der Waals surface area contributed by atoms with Gasteiger partial charge in [0.1, 0.15) is 11.6 Å². The van der Waals surface area contributed by atoms with Crippen LogP contribution in [0.5, 0.6) is 0 Å². The van der Waals surface area contributed by atoms with E-state index in [4.69, 9.17) is 10.2 Å². The molecule has 0 spiro atoms. The lowest BCUT2D eigenvalue weighted by Gasteiger charge is -1.86. The third kappa shape index (κ3) is 23.6. The molecule has 0 aromatic carbocycles. The molecule has 0 saturated heterocycles. The van der Waals surface area contributed by atoms with Gasteiger partial charge in [0, 0.05) is 7.11 Å². The molecule has 0 aliphatic heterocycles. The van der Waals surface area contributed by atoms with Gasteiger partial charge in [0.25, 0.3) is 0 Å². The molecule has 0 fully saturated rings. The highest BCUT2D eigenvalue weighted by molar-refractivity contribution is 6.36. The fourth-order valence-electron chi connectivity index (χ4n) is 0.603. The fourth-order valence-corrected chi connectivity index (χ4v) is 0.603. The Morgan fingerprint density at radius 1 is 0.810 bits per heavy atom. The predicted octanol–water partition coefficient (Wildman–Crippen LogP) is -1.05. The topological polar surface area (TPSA) is 152 Å². The summed E-state index contributed by atoms with van der Waals surface area (Å²) in [5, 5.41) is 15.9. The second-order valence-corrected chi connectivity index (χ2v) is 3.92. The minimum atomic E-state index is -1.55. The average molecular weight is 318 g/mol. The highest BCUT2D eigenvalue weighted by Gasteiger charge is 2.13. The fraction of sp³-hybridized carbons (Fsp3) is 0.455. The molecule has 0 saturated carbocycles. The summed E-state index contributed by atoms with van der Waals surface area (Å²) in [4.78, 5) is 59.9. The molecule has 0 unspecified atom stereocenters. The zero-order valence-corrected chi connectivity index (χ0v) is 12.9. The molecule has 0 bridgehead atoms. The third-order valence-electron chi connectivity index (χ3n) is 1.30. The Kier molecular flexibility index (Phi) is 16.7. The van der Waals surface area contributed by atoms with E-state index in [1.165, 1.54) is 13.8 Å². The molecule has 2 N–H and O–H groups in total. The maximum atomic E-state index is 10.1. The van der Waals surface area contributed by atoms with E-state index in [1.54, 1.807) is 7.11 Å². The minimum Gasteiger partial charge on any atom is -0.518 e. The zero-order chi connectivity index (χ0) is 17.6. The number of Topliss-reactive ketones (excluding diaryl/α,β-unsaturated/α-hetero) is 4. The number of rotatable bonds is 6. The molecule has 0 amide bonds. The Bertz CT molecular complexity index is 376. The average Bonchev–Trinajstić information content (AvgIpc) is 2.28. The number of hydrogen-bond donors (Lipinski definition) is 2. The van der Waals surface area contributed by atoms with Crippen molar-refractivity contribution in [1.82, 2.24) is 0 Å². The second kappa shape index (κ2) is 14.5. The first-order chi connectivity index (χ1) is 9.49. The van der Waals surface area contributed by atoms with E-state index in [2.05, 4.69) is 20.4 Å². The number of aliphatic carboxylic acids is 2. The molecule has 0 aromatic heterocycles. The van der Waals surface area contributed by atoms with Crippen molar-refractivity contribution in [1.29, 1.82) is 0 Å². The van der Waals surface area contributed by atoms with Crippen LogP contribution in [0.4, 0.5) is 0 Å². The first-order valence-electron chi connectivity index (χ1n) is 5.23. The summed E-state index contributed by atoms with van der Waals surface area (Å²) in [6.45, 7) is 2.33. The van der Waals surface area contributed by atoms with Gasteiger partial charge in [0.05, 0.1) is 12.8 Å². The predicted molar refractivity (Wildman–Crippen MR) is 68.6 cm³/mol. The first-order valence-corrected chi connectivity index (χ1v) is 5.70.